The molecule has 0 amide bonds. The summed E-state index contributed by atoms with van der Waals surface area (Å²) in [7, 11) is 0. The fourth-order valence-electron chi connectivity index (χ4n) is 0.863. The second-order valence-corrected chi connectivity index (χ2v) is 2.34. The van der Waals surface area contributed by atoms with Crippen molar-refractivity contribution in [3.05, 3.63) is 39.3 Å². The van der Waals surface area contributed by atoms with Gasteiger partial charge in [-0.15, -0.1) is 0 Å². The van der Waals surface area contributed by atoms with E-state index in [1.165, 1.54) is 0 Å². The van der Waals surface area contributed by atoms with Gasteiger partial charge in [-0.2, -0.15) is 0 Å². The molecule has 3 heteroatoms. The number of aromatic nitrogens is 1. The van der Waals surface area contributed by atoms with Gasteiger partial charge >= 0.3 is 6.07 Å². The molecule has 0 aliphatic heterocycles. The normalized spacial score (nSPS) is 8.55. The summed E-state index contributed by atoms with van der Waals surface area (Å²) in [6, 6.07) is 4.19. The van der Waals surface area contributed by atoms with Gasteiger partial charge in [0.15, 0.2) is 0 Å². The average molecular weight is 148 g/mol. The molecule has 1 aromatic heterocycles. The van der Waals surface area contributed by atoms with E-state index in [0.717, 1.165) is 11.3 Å². The van der Waals surface area contributed by atoms with Crippen molar-refractivity contribution in [2.75, 3.05) is 0 Å². The summed E-state index contributed by atoms with van der Waals surface area (Å²) in [5.41, 5.74) is 2.56. The Morgan fingerprint density at radius 3 is 2.82 bits per heavy atom. The summed E-state index contributed by atoms with van der Waals surface area (Å²) in [5.74, 6) is 0. The summed E-state index contributed by atoms with van der Waals surface area (Å²) < 4.78 is 0. The van der Waals surface area contributed by atoms with E-state index in [2.05, 4.69) is 16.1 Å². The molecular weight excluding hydrogens is 140 g/mol. The van der Waals surface area contributed by atoms with Gasteiger partial charge in [-0.1, -0.05) is 0 Å². The molecule has 1 heterocycles. The fourth-order valence-corrected chi connectivity index (χ4v) is 0.863. The summed E-state index contributed by atoms with van der Waals surface area (Å²) in [5, 5.41) is 12.4. The summed E-state index contributed by atoms with van der Waals surface area (Å²) in [6.45, 7) is 3.79. The largest absolute Gasteiger partial charge is 0.498 e. The molecule has 0 spiro atoms. The number of hydrogen-bond acceptors (Lipinski definition) is 2. The Kier molecular flexibility index (Phi) is 2.07. The van der Waals surface area contributed by atoms with Gasteiger partial charge in [-0.05, 0) is 25.5 Å². The molecule has 3 nitrogen and oxygen atoms in total. The van der Waals surface area contributed by atoms with Crippen LogP contribution in [-0.2, 0) is 0 Å². The zero-order valence-corrected chi connectivity index (χ0v) is 6.46. The lowest BCUT2D eigenvalue weighted by Gasteiger charge is -1.93. The topological polar surface area (TPSA) is 40.3 Å². The fraction of sp³-hybridized carbons (Fsp3) is 0.250. The minimum Gasteiger partial charge on any atom is -0.498 e. The highest BCUT2D eigenvalue weighted by molar-refractivity contribution is 5.37. The van der Waals surface area contributed by atoms with Gasteiger partial charge in [-0.25, -0.2) is 0 Å². The van der Waals surface area contributed by atoms with Crippen LogP contribution in [-0.4, -0.2) is 4.98 Å². The van der Waals surface area contributed by atoms with Crippen LogP contribution < -0.4 is 0 Å². The van der Waals surface area contributed by atoms with E-state index < -0.39 is 0 Å². The van der Waals surface area contributed by atoms with E-state index in [1.54, 1.807) is 6.20 Å². The van der Waals surface area contributed by atoms with Crippen molar-refractivity contribution in [1.82, 2.24) is 4.98 Å². The molecule has 56 valence electrons. The van der Waals surface area contributed by atoms with E-state index in [0.29, 0.717) is 5.56 Å². The van der Waals surface area contributed by atoms with Crippen molar-refractivity contribution in [3.8, 4) is 6.07 Å². The minimum atomic E-state index is 0.658. The van der Waals surface area contributed by atoms with Crippen molar-refractivity contribution in [1.29, 1.82) is 0 Å². The molecule has 0 N–H and O–H groups in total. The molecule has 0 fully saturated rings. The molecule has 0 saturated heterocycles. The second-order valence-electron chi connectivity index (χ2n) is 2.34. The maximum atomic E-state index is 9.82. The van der Waals surface area contributed by atoms with Gasteiger partial charge in [-0.3, -0.25) is 4.98 Å². The van der Waals surface area contributed by atoms with Crippen LogP contribution in [0, 0.1) is 25.1 Å². The average Bonchev–Trinajstić information content (AvgIpc) is 1.95. The Hall–Kier alpha value is -1.56. The Morgan fingerprint density at radius 2 is 2.27 bits per heavy atom. The first-order valence-electron chi connectivity index (χ1n) is 3.25. The standard InChI is InChI=1S/C8H8N2O/c1-6-3-7(2)9-4-8(6)5-10-11/h3-4H,1-2H3. The number of aryl methyl sites for hydroxylation is 2. The third-order valence-electron chi connectivity index (χ3n) is 1.41. The quantitative estimate of drug-likeness (QED) is 0.527. The van der Waals surface area contributed by atoms with Crippen LogP contribution in [0.1, 0.15) is 16.8 Å². The SMILES string of the molecule is Cc1cc(C)c(C#[N+][O-])cn1. The van der Waals surface area contributed by atoms with Crippen LogP contribution in [0.2, 0.25) is 0 Å². The van der Waals surface area contributed by atoms with Crippen molar-refractivity contribution < 1.29 is 0 Å². The van der Waals surface area contributed by atoms with Crippen molar-refractivity contribution in [3.63, 3.8) is 0 Å². The molecule has 0 unspecified atom stereocenters. The van der Waals surface area contributed by atoms with Gasteiger partial charge in [0.25, 0.3) is 0 Å². The highest BCUT2D eigenvalue weighted by Gasteiger charge is 1.99. The predicted octanol–water partition coefficient (Wildman–Crippen LogP) is 1.88. The molecule has 0 radical (unpaired) electrons. The van der Waals surface area contributed by atoms with Crippen molar-refractivity contribution in [2.24, 2.45) is 0 Å². The van der Waals surface area contributed by atoms with Crippen molar-refractivity contribution in [2.45, 2.75) is 13.8 Å². The Morgan fingerprint density at radius 1 is 1.55 bits per heavy atom. The maximum absolute atomic E-state index is 9.82. The van der Waals surface area contributed by atoms with Gasteiger partial charge in [0, 0.05) is 16.9 Å². The highest BCUT2D eigenvalue weighted by Crippen LogP contribution is 2.05. The molecule has 0 aliphatic carbocycles. The first-order valence-corrected chi connectivity index (χ1v) is 3.25. The van der Waals surface area contributed by atoms with Crippen LogP contribution in [0.3, 0.4) is 0 Å². The third-order valence-corrected chi connectivity index (χ3v) is 1.41. The molecule has 0 aliphatic rings. The monoisotopic (exact) mass is 148 g/mol. The molecular formula is C8H8N2O. The lowest BCUT2D eigenvalue weighted by atomic mass is 10.1. The number of pyridine rings is 1. The van der Waals surface area contributed by atoms with E-state index >= 15 is 0 Å². The summed E-state index contributed by atoms with van der Waals surface area (Å²) in [4.78, 5) is 4.00. The number of hydrogen-bond donors (Lipinski definition) is 0. The van der Waals surface area contributed by atoms with Crippen LogP contribution in [0.4, 0.5) is 0 Å². The van der Waals surface area contributed by atoms with E-state index in [1.807, 2.05) is 19.9 Å². The Bertz CT molecular complexity index is 323. The predicted molar refractivity (Wildman–Crippen MR) is 43.4 cm³/mol. The molecule has 11 heavy (non-hydrogen) atoms. The first-order chi connectivity index (χ1) is 5.24. The van der Waals surface area contributed by atoms with Crippen LogP contribution >= 0.6 is 0 Å². The molecule has 1 rings (SSSR count). The molecule has 1 aromatic rings. The van der Waals surface area contributed by atoms with Gasteiger partial charge in [0.1, 0.15) is 5.56 Å². The molecule has 0 saturated carbocycles. The van der Waals surface area contributed by atoms with Gasteiger partial charge in [0.2, 0.25) is 0 Å². The zero-order chi connectivity index (χ0) is 8.27. The summed E-state index contributed by atoms with van der Waals surface area (Å²) >= 11 is 0. The van der Waals surface area contributed by atoms with E-state index in [-0.39, 0.29) is 0 Å². The second kappa shape index (κ2) is 3.02. The van der Waals surface area contributed by atoms with Crippen molar-refractivity contribution >= 4 is 0 Å². The molecule has 0 aromatic carbocycles. The van der Waals surface area contributed by atoms with Gasteiger partial charge < -0.3 is 5.21 Å². The van der Waals surface area contributed by atoms with E-state index in [9.17, 15) is 5.21 Å². The van der Waals surface area contributed by atoms with Crippen LogP contribution in [0.15, 0.2) is 12.3 Å². The van der Waals surface area contributed by atoms with Crippen LogP contribution in [0.5, 0.6) is 0 Å². The summed E-state index contributed by atoms with van der Waals surface area (Å²) in [6.07, 6.45) is 1.59. The molecule has 0 bridgehead atoms. The highest BCUT2D eigenvalue weighted by atomic mass is 16.4. The lowest BCUT2D eigenvalue weighted by Crippen LogP contribution is -1.86. The van der Waals surface area contributed by atoms with Crippen LogP contribution in [0.25, 0.3) is 5.01 Å². The third kappa shape index (κ3) is 1.68. The van der Waals surface area contributed by atoms with E-state index in [4.69, 9.17) is 0 Å². The Balaban J connectivity index is 3.16. The zero-order valence-electron chi connectivity index (χ0n) is 6.46. The maximum Gasteiger partial charge on any atom is 0.338 e. The number of nitrogens with zero attached hydrogens (tertiary/aromatic N) is 2. The Labute approximate surface area is 65.1 Å². The van der Waals surface area contributed by atoms with Gasteiger partial charge in [0.05, 0.1) is 0 Å². The number of rotatable bonds is 0. The molecule has 0 atom stereocenters. The first kappa shape index (κ1) is 7.55. The smallest absolute Gasteiger partial charge is 0.338 e. The minimum absolute atomic E-state index is 0.658. The lowest BCUT2D eigenvalue weighted by molar-refractivity contribution is 1.17.